The van der Waals surface area contributed by atoms with E-state index in [1.165, 1.54) is 18.4 Å². The molecule has 1 fully saturated rings. The quantitative estimate of drug-likeness (QED) is 0.758. The van der Waals surface area contributed by atoms with Crippen LogP contribution in [0.25, 0.3) is 0 Å². The molecule has 0 bridgehead atoms. The van der Waals surface area contributed by atoms with Crippen LogP contribution in [0, 0.1) is 5.92 Å². The van der Waals surface area contributed by atoms with Gasteiger partial charge in [-0.3, -0.25) is 4.98 Å². The summed E-state index contributed by atoms with van der Waals surface area (Å²) in [7, 11) is 0. The van der Waals surface area contributed by atoms with E-state index in [9.17, 15) is 0 Å². The Labute approximate surface area is 128 Å². The van der Waals surface area contributed by atoms with Crippen LogP contribution in [0.3, 0.4) is 0 Å². The SMILES string of the molecule is CCNC(CC1CC(OCC)C1)c1cncc(OCC)c1. The molecule has 1 heterocycles. The molecule has 21 heavy (non-hydrogen) atoms. The van der Waals surface area contributed by atoms with Gasteiger partial charge < -0.3 is 14.8 Å². The van der Waals surface area contributed by atoms with Crippen molar-refractivity contribution in [3.8, 4) is 5.75 Å². The molecule has 1 aliphatic carbocycles. The van der Waals surface area contributed by atoms with Crippen molar-refractivity contribution in [3.63, 3.8) is 0 Å². The molecule has 0 saturated heterocycles. The predicted molar refractivity (Wildman–Crippen MR) is 84.6 cm³/mol. The Hall–Kier alpha value is -1.13. The fraction of sp³-hybridized carbons (Fsp3) is 0.706. The first-order valence-electron chi connectivity index (χ1n) is 8.19. The fourth-order valence-corrected chi connectivity index (χ4v) is 3.03. The van der Waals surface area contributed by atoms with Gasteiger partial charge in [0, 0.05) is 18.8 Å². The minimum absolute atomic E-state index is 0.357. The number of nitrogens with zero attached hydrogens (tertiary/aromatic N) is 1. The molecule has 0 amide bonds. The van der Waals surface area contributed by atoms with E-state index in [-0.39, 0.29) is 0 Å². The second-order valence-electron chi connectivity index (χ2n) is 5.65. The maximum absolute atomic E-state index is 5.65. The molecule has 1 aliphatic rings. The Morgan fingerprint density at radius 2 is 2.05 bits per heavy atom. The van der Waals surface area contributed by atoms with Gasteiger partial charge >= 0.3 is 0 Å². The zero-order chi connectivity index (χ0) is 15.1. The number of aromatic nitrogens is 1. The van der Waals surface area contributed by atoms with Crippen molar-refractivity contribution in [3.05, 3.63) is 24.0 Å². The number of hydrogen-bond donors (Lipinski definition) is 1. The molecule has 0 spiro atoms. The van der Waals surface area contributed by atoms with Gasteiger partial charge in [0.15, 0.2) is 0 Å². The van der Waals surface area contributed by atoms with Crippen molar-refractivity contribution < 1.29 is 9.47 Å². The number of rotatable bonds is 9. The van der Waals surface area contributed by atoms with E-state index < -0.39 is 0 Å². The van der Waals surface area contributed by atoms with Crippen LogP contribution in [0.4, 0.5) is 0 Å². The van der Waals surface area contributed by atoms with E-state index in [1.807, 2.05) is 13.1 Å². The van der Waals surface area contributed by atoms with Gasteiger partial charge in [0.1, 0.15) is 5.75 Å². The molecule has 1 atom stereocenters. The van der Waals surface area contributed by atoms with Crippen molar-refractivity contribution in [2.75, 3.05) is 19.8 Å². The van der Waals surface area contributed by atoms with Crippen LogP contribution in [0.15, 0.2) is 18.5 Å². The molecule has 1 unspecified atom stereocenters. The molecule has 1 saturated carbocycles. The Balaban J connectivity index is 1.94. The summed E-state index contributed by atoms with van der Waals surface area (Å²) in [4.78, 5) is 4.31. The molecule has 1 N–H and O–H groups in total. The first-order chi connectivity index (χ1) is 10.3. The molecule has 118 valence electrons. The number of hydrogen-bond acceptors (Lipinski definition) is 4. The Morgan fingerprint density at radius 1 is 1.24 bits per heavy atom. The van der Waals surface area contributed by atoms with Gasteiger partial charge in [0.05, 0.1) is 18.9 Å². The highest BCUT2D eigenvalue weighted by molar-refractivity contribution is 5.26. The summed E-state index contributed by atoms with van der Waals surface area (Å²) in [6.07, 6.45) is 7.74. The zero-order valence-corrected chi connectivity index (χ0v) is 13.5. The minimum atomic E-state index is 0.357. The van der Waals surface area contributed by atoms with Gasteiger partial charge in [0.25, 0.3) is 0 Å². The summed E-state index contributed by atoms with van der Waals surface area (Å²) in [5, 5.41) is 3.58. The monoisotopic (exact) mass is 292 g/mol. The Morgan fingerprint density at radius 3 is 2.71 bits per heavy atom. The predicted octanol–water partition coefficient (Wildman–Crippen LogP) is 3.34. The molecule has 0 radical (unpaired) electrons. The standard InChI is InChI=1S/C17H28N2O2/c1-4-19-17(9-13-7-15(8-13)20-5-2)14-10-16(21-6-3)12-18-11-14/h10-13,15,17,19H,4-9H2,1-3H3. The largest absolute Gasteiger partial charge is 0.492 e. The van der Waals surface area contributed by atoms with Gasteiger partial charge in [-0.15, -0.1) is 0 Å². The van der Waals surface area contributed by atoms with Crippen LogP contribution >= 0.6 is 0 Å². The van der Waals surface area contributed by atoms with Crippen LogP contribution in [-0.4, -0.2) is 30.8 Å². The average molecular weight is 292 g/mol. The van der Waals surface area contributed by atoms with Crippen molar-refractivity contribution in [2.24, 2.45) is 5.92 Å². The second-order valence-corrected chi connectivity index (χ2v) is 5.65. The second kappa shape index (κ2) is 8.35. The number of pyridine rings is 1. The lowest BCUT2D eigenvalue weighted by Crippen LogP contribution is -2.34. The molecule has 0 aliphatic heterocycles. The third-order valence-corrected chi connectivity index (χ3v) is 4.06. The first-order valence-corrected chi connectivity index (χ1v) is 8.19. The van der Waals surface area contributed by atoms with E-state index in [0.29, 0.717) is 18.8 Å². The Kier molecular flexibility index (Phi) is 6.46. The van der Waals surface area contributed by atoms with Crippen LogP contribution < -0.4 is 10.1 Å². The maximum Gasteiger partial charge on any atom is 0.137 e. The topological polar surface area (TPSA) is 43.4 Å². The highest BCUT2D eigenvalue weighted by Gasteiger charge is 2.31. The van der Waals surface area contributed by atoms with Crippen molar-refractivity contribution in [2.45, 2.75) is 52.2 Å². The van der Waals surface area contributed by atoms with Crippen molar-refractivity contribution in [1.82, 2.24) is 10.3 Å². The fourth-order valence-electron chi connectivity index (χ4n) is 3.03. The van der Waals surface area contributed by atoms with Crippen molar-refractivity contribution in [1.29, 1.82) is 0 Å². The molecular weight excluding hydrogens is 264 g/mol. The molecular formula is C17H28N2O2. The smallest absolute Gasteiger partial charge is 0.137 e. The molecule has 1 aromatic heterocycles. The third kappa shape index (κ3) is 4.68. The average Bonchev–Trinajstić information content (AvgIpc) is 2.45. The number of nitrogens with one attached hydrogen (secondary N) is 1. The summed E-state index contributed by atoms with van der Waals surface area (Å²) < 4.78 is 11.2. The summed E-state index contributed by atoms with van der Waals surface area (Å²) in [5.74, 6) is 1.61. The molecule has 0 aromatic carbocycles. The van der Waals surface area contributed by atoms with E-state index in [0.717, 1.165) is 31.2 Å². The van der Waals surface area contributed by atoms with Gasteiger partial charge in [0.2, 0.25) is 0 Å². The van der Waals surface area contributed by atoms with E-state index in [1.54, 1.807) is 6.20 Å². The molecule has 2 rings (SSSR count). The lowest BCUT2D eigenvalue weighted by molar-refractivity contribution is -0.0291. The highest BCUT2D eigenvalue weighted by Crippen LogP contribution is 2.37. The molecule has 1 aromatic rings. The normalized spacial score (nSPS) is 22.6. The van der Waals surface area contributed by atoms with E-state index >= 15 is 0 Å². The van der Waals surface area contributed by atoms with Crippen LogP contribution in [0.2, 0.25) is 0 Å². The highest BCUT2D eigenvalue weighted by atomic mass is 16.5. The van der Waals surface area contributed by atoms with Crippen LogP contribution in [0.5, 0.6) is 5.75 Å². The van der Waals surface area contributed by atoms with Gasteiger partial charge in [-0.25, -0.2) is 0 Å². The minimum Gasteiger partial charge on any atom is -0.492 e. The summed E-state index contributed by atoms with van der Waals surface area (Å²) in [6.45, 7) is 8.68. The first kappa shape index (κ1) is 16.2. The van der Waals surface area contributed by atoms with Gasteiger partial charge in [-0.1, -0.05) is 6.92 Å². The lowest BCUT2D eigenvalue weighted by Gasteiger charge is -2.37. The summed E-state index contributed by atoms with van der Waals surface area (Å²) in [5.41, 5.74) is 1.22. The zero-order valence-electron chi connectivity index (χ0n) is 13.5. The van der Waals surface area contributed by atoms with Crippen molar-refractivity contribution >= 4 is 0 Å². The summed E-state index contributed by atoms with van der Waals surface area (Å²) >= 11 is 0. The maximum atomic E-state index is 5.65. The van der Waals surface area contributed by atoms with E-state index in [2.05, 4.69) is 30.2 Å². The third-order valence-electron chi connectivity index (χ3n) is 4.06. The van der Waals surface area contributed by atoms with Gasteiger partial charge in [-0.2, -0.15) is 0 Å². The van der Waals surface area contributed by atoms with Gasteiger partial charge in [-0.05, 0) is 57.2 Å². The van der Waals surface area contributed by atoms with Crippen LogP contribution in [0.1, 0.15) is 51.6 Å². The molecule has 4 nitrogen and oxygen atoms in total. The number of ether oxygens (including phenoxy) is 2. The van der Waals surface area contributed by atoms with Crippen LogP contribution in [-0.2, 0) is 4.74 Å². The summed E-state index contributed by atoms with van der Waals surface area (Å²) in [6, 6.07) is 2.47. The van der Waals surface area contributed by atoms with E-state index in [4.69, 9.17) is 9.47 Å². The lowest BCUT2D eigenvalue weighted by atomic mass is 9.77. The Bertz CT molecular complexity index is 419. The molecule has 4 heteroatoms.